The van der Waals surface area contributed by atoms with Gasteiger partial charge in [-0.25, -0.2) is 0 Å². The van der Waals surface area contributed by atoms with E-state index in [0.717, 1.165) is 11.1 Å². The van der Waals surface area contributed by atoms with E-state index in [1.807, 2.05) is 0 Å². The van der Waals surface area contributed by atoms with Crippen molar-refractivity contribution in [2.45, 2.75) is 62.7 Å². The number of hydrogen-bond acceptors (Lipinski definition) is 1. The van der Waals surface area contributed by atoms with Gasteiger partial charge in [0.2, 0.25) is 0 Å². The van der Waals surface area contributed by atoms with E-state index in [0.29, 0.717) is 11.1 Å². The summed E-state index contributed by atoms with van der Waals surface area (Å²) in [6, 6.07) is 0. The van der Waals surface area contributed by atoms with Gasteiger partial charge in [0.05, 0.1) is 0 Å². The van der Waals surface area contributed by atoms with Gasteiger partial charge in [-0.15, -0.1) is 0 Å². The third-order valence-corrected chi connectivity index (χ3v) is 13.1. The van der Waals surface area contributed by atoms with E-state index in [2.05, 4.69) is 76.3 Å². The van der Waals surface area contributed by atoms with Crippen molar-refractivity contribution >= 4 is 18.1 Å². The lowest BCUT2D eigenvalue weighted by atomic mass is 10.4. The van der Waals surface area contributed by atoms with Gasteiger partial charge < -0.3 is 4.12 Å². The van der Waals surface area contributed by atoms with Crippen LogP contribution in [0.2, 0.25) is 22.2 Å². The van der Waals surface area contributed by atoms with Crippen molar-refractivity contribution in [1.82, 2.24) is 0 Å². The van der Waals surface area contributed by atoms with Gasteiger partial charge in [-0.1, -0.05) is 89.1 Å². The molecular weight excluding hydrogens is 288 g/mol. The monoisotopic (exact) mass is 318 g/mol. The molecule has 0 saturated heterocycles. The zero-order chi connectivity index (χ0) is 15.2. The Morgan fingerprint density at radius 2 is 1.10 bits per heavy atom. The van der Waals surface area contributed by atoms with Crippen LogP contribution in [0.15, 0.2) is 48.6 Å². The minimum absolute atomic E-state index is 0.605. The minimum atomic E-state index is -1.24. The standard InChI is InChI=1S/C18H30OSi2/c1-5-15(3)20(17-11-7-8-12-17)19-21(16(4)6-2)18-13-9-10-14-18/h7-18,20-21H,5-6H2,1-4H3. The minimum Gasteiger partial charge on any atom is -0.458 e. The van der Waals surface area contributed by atoms with Gasteiger partial charge in [-0.2, -0.15) is 0 Å². The first-order valence-corrected chi connectivity index (χ1v) is 12.1. The molecule has 2 aliphatic rings. The third kappa shape index (κ3) is 4.18. The molecule has 116 valence electrons. The zero-order valence-corrected chi connectivity index (χ0v) is 16.2. The van der Waals surface area contributed by atoms with Gasteiger partial charge in [-0.05, 0) is 11.1 Å². The average Bonchev–Trinajstić information content (AvgIpc) is 3.20. The van der Waals surface area contributed by atoms with Crippen LogP contribution in [0.25, 0.3) is 0 Å². The second-order valence-corrected chi connectivity index (χ2v) is 13.3. The van der Waals surface area contributed by atoms with Gasteiger partial charge in [0.15, 0.2) is 18.1 Å². The number of allylic oxidation sites excluding steroid dienone is 8. The molecule has 3 heteroatoms. The van der Waals surface area contributed by atoms with Crippen LogP contribution in [0.3, 0.4) is 0 Å². The maximum atomic E-state index is 7.00. The van der Waals surface area contributed by atoms with Gasteiger partial charge in [0.25, 0.3) is 0 Å². The van der Waals surface area contributed by atoms with Crippen molar-refractivity contribution in [2.24, 2.45) is 0 Å². The molecule has 1 nitrogen and oxygen atoms in total. The van der Waals surface area contributed by atoms with Crippen molar-refractivity contribution in [3.05, 3.63) is 48.6 Å². The topological polar surface area (TPSA) is 9.23 Å². The highest BCUT2D eigenvalue weighted by molar-refractivity contribution is 6.70. The Morgan fingerprint density at radius 3 is 1.38 bits per heavy atom. The Hall–Kier alpha value is -0.646. The normalized spacial score (nSPS) is 23.8. The summed E-state index contributed by atoms with van der Waals surface area (Å²) < 4.78 is 7.00. The van der Waals surface area contributed by atoms with Crippen LogP contribution in [0, 0.1) is 0 Å². The van der Waals surface area contributed by atoms with E-state index in [9.17, 15) is 0 Å². The lowest BCUT2D eigenvalue weighted by Gasteiger charge is -2.34. The first-order valence-electron chi connectivity index (χ1n) is 8.52. The molecule has 21 heavy (non-hydrogen) atoms. The lowest BCUT2D eigenvalue weighted by Crippen LogP contribution is -2.38. The van der Waals surface area contributed by atoms with Crippen LogP contribution in [0.5, 0.6) is 0 Å². The van der Waals surface area contributed by atoms with Crippen molar-refractivity contribution in [3.63, 3.8) is 0 Å². The molecule has 0 aromatic heterocycles. The molecule has 0 aliphatic heterocycles. The fourth-order valence-corrected chi connectivity index (χ4v) is 12.1. The van der Waals surface area contributed by atoms with Crippen LogP contribution < -0.4 is 0 Å². The largest absolute Gasteiger partial charge is 0.458 e. The molecule has 0 bridgehead atoms. The molecule has 4 unspecified atom stereocenters. The van der Waals surface area contributed by atoms with E-state index in [-0.39, 0.29) is 0 Å². The van der Waals surface area contributed by atoms with Crippen molar-refractivity contribution < 1.29 is 4.12 Å². The van der Waals surface area contributed by atoms with Gasteiger partial charge in [0, 0.05) is 11.1 Å². The Morgan fingerprint density at radius 1 is 0.762 bits per heavy atom. The smallest absolute Gasteiger partial charge is 0.176 e. The molecular formula is C18H30OSi2. The van der Waals surface area contributed by atoms with Gasteiger partial charge in [-0.3, -0.25) is 0 Å². The number of hydrogen-bond donors (Lipinski definition) is 0. The predicted octanol–water partition coefficient (Wildman–Crippen LogP) is 5.04. The van der Waals surface area contributed by atoms with Crippen LogP contribution in [0.4, 0.5) is 0 Å². The van der Waals surface area contributed by atoms with Crippen molar-refractivity contribution in [1.29, 1.82) is 0 Å². The summed E-state index contributed by atoms with van der Waals surface area (Å²) in [6.07, 6.45) is 20.8. The van der Waals surface area contributed by atoms with E-state index < -0.39 is 18.1 Å². The Labute approximate surface area is 133 Å². The van der Waals surface area contributed by atoms with Crippen molar-refractivity contribution in [2.75, 3.05) is 0 Å². The Balaban J connectivity index is 2.14. The molecule has 0 aromatic carbocycles. The first-order chi connectivity index (χ1) is 10.2. The van der Waals surface area contributed by atoms with Crippen LogP contribution in [-0.4, -0.2) is 18.1 Å². The highest BCUT2D eigenvalue weighted by Crippen LogP contribution is 2.36. The van der Waals surface area contributed by atoms with Gasteiger partial charge in [0.1, 0.15) is 0 Å². The summed E-state index contributed by atoms with van der Waals surface area (Å²) in [4.78, 5) is 0. The summed E-state index contributed by atoms with van der Waals surface area (Å²) >= 11 is 0. The second-order valence-electron chi connectivity index (χ2n) is 6.53. The maximum Gasteiger partial charge on any atom is 0.176 e. The molecule has 2 aliphatic carbocycles. The van der Waals surface area contributed by atoms with Crippen molar-refractivity contribution in [3.8, 4) is 0 Å². The van der Waals surface area contributed by atoms with E-state index in [1.165, 1.54) is 12.8 Å². The molecule has 0 amide bonds. The molecule has 2 rings (SSSR count). The molecule has 0 N–H and O–H groups in total. The highest BCUT2D eigenvalue weighted by Gasteiger charge is 2.34. The maximum absolute atomic E-state index is 7.00. The summed E-state index contributed by atoms with van der Waals surface area (Å²) in [5.74, 6) is 0. The summed E-state index contributed by atoms with van der Waals surface area (Å²) in [7, 11) is -2.49. The SMILES string of the molecule is CCC(C)[SiH](O[SiH](C1C=CC=C1)C(C)CC)C1C=CC=C1. The fraction of sp³-hybridized carbons (Fsp3) is 0.556. The van der Waals surface area contributed by atoms with E-state index in [4.69, 9.17) is 4.12 Å². The molecule has 0 saturated carbocycles. The van der Waals surface area contributed by atoms with E-state index in [1.54, 1.807) is 0 Å². The average molecular weight is 319 g/mol. The molecule has 4 atom stereocenters. The second kappa shape index (κ2) is 8.11. The zero-order valence-electron chi connectivity index (χ0n) is 13.9. The highest BCUT2D eigenvalue weighted by atomic mass is 28.4. The molecule has 0 aromatic rings. The predicted molar refractivity (Wildman–Crippen MR) is 98.9 cm³/mol. The Kier molecular flexibility index (Phi) is 6.46. The van der Waals surface area contributed by atoms with Gasteiger partial charge >= 0.3 is 0 Å². The third-order valence-electron chi connectivity index (χ3n) is 5.04. The summed E-state index contributed by atoms with van der Waals surface area (Å²) in [6.45, 7) is 9.43. The summed E-state index contributed by atoms with van der Waals surface area (Å²) in [5.41, 5.74) is 2.70. The Bertz CT molecular complexity index is 374. The molecule has 0 heterocycles. The number of rotatable bonds is 8. The first kappa shape index (κ1) is 16.7. The summed E-state index contributed by atoms with van der Waals surface area (Å²) in [5, 5.41) is 0. The lowest BCUT2D eigenvalue weighted by molar-refractivity contribution is 0.522. The molecule has 0 spiro atoms. The van der Waals surface area contributed by atoms with Crippen LogP contribution >= 0.6 is 0 Å². The van der Waals surface area contributed by atoms with Crippen LogP contribution in [-0.2, 0) is 4.12 Å². The molecule has 0 fully saturated rings. The molecule has 0 radical (unpaired) electrons. The van der Waals surface area contributed by atoms with Crippen LogP contribution in [0.1, 0.15) is 40.5 Å². The van der Waals surface area contributed by atoms with E-state index >= 15 is 0 Å². The quantitative estimate of drug-likeness (QED) is 0.569. The fourth-order valence-electron chi connectivity index (χ4n) is 3.19.